The molecule has 0 saturated heterocycles. The molecule has 0 spiro atoms. The van der Waals surface area contributed by atoms with Crippen LogP contribution in [-0.4, -0.2) is 6.54 Å². The van der Waals surface area contributed by atoms with Crippen molar-refractivity contribution in [1.82, 2.24) is 5.32 Å². The fourth-order valence-corrected chi connectivity index (χ4v) is 2.63. The lowest BCUT2D eigenvalue weighted by Gasteiger charge is -2.21. The molecule has 1 nitrogen and oxygen atoms in total. The van der Waals surface area contributed by atoms with E-state index in [1.54, 1.807) is 0 Å². The fourth-order valence-electron chi connectivity index (χ4n) is 1.80. The van der Waals surface area contributed by atoms with Gasteiger partial charge in [0.05, 0.1) is 5.56 Å². The van der Waals surface area contributed by atoms with Crippen LogP contribution >= 0.6 is 22.6 Å². The first kappa shape index (κ1) is 12.1. The first-order valence-electron chi connectivity index (χ1n) is 4.69. The van der Waals surface area contributed by atoms with Crippen molar-refractivity contribution in [3.63, 3.8) is 0 Å². The van der Waals surface area contributed by atoms with E-state index in [2.05, 4.69) is 5.32 Å². The van der Waals surface area contributed by atoms with Crippen molar-refractivity contribution < 1.29 is 17.6 Å². The number of hydrogen-bond acceptors (Lipinski definition) is 1. The van der Waals surface area contributed by atoms with E-state index in [9.17, 15) is 17.6 Å². The summed E-state index contributed by atoms with van der Waals surface area (Å²) in [6.45, 7) is 0.948. The molecule has 0 aromatic heterocycles. The lowest BCUT2D eigenvalue weighted by atomic mass is 9.97. The van der Waals surface area contributed by atoms with E-state index in [1.807, 2.05) is 22.6 Å². The summed E-state index contributed by atoms with van der Waals surface area (Å²) in [4.78, 5) is 0. The number of fused-ring (bicyclic) bond motifs is 1. The maximum atomic E-state index is 13.7. The second-order valence-electron chi connectivity index (χ2n) is 3.60. The van der Waals surface area contributed by atoms with Crippen LogP contribution < -0.4 is 5.32 Å². The molecule has 0 saturated carbocycles. The molecule has 0 fully saturated rings. The third-order valence-corrected chi connectivity index (χ3v) is 3.55. The third kappa shape index (κ3) is 2.04. The molecule has 1 heterocycles. The molecule has 1 aliphatic rings. The van der Waals surface area contributed by atoms with Gasteiger partial charge in [-0.2, -0.15) is 13.2 Å². The van der Waals surface area contributed by atoms with Crippen LogP contribution in [-0.2, 0) is 19.1 Å². The zero-order chi connectivity index (χ0) is 11.9. The molecular formula is C10H8F4IN. The van der Waals surface area contributed by atoms with Gasteiger partial charge in [-0.05, 0) is 52.7 Å². The number of nitrogens with one attached hydrogen (secondary N) is 1. The van der Waals surface area contributed by atoms with Gasteiger partial charge in [-0.15, -0.1) is 0 Å². The van der Waals surface area contributed by atoms with Crippen molar-refractivity contribution in [1.29, 1.82) is 0 Å². The van der Waals surface area contributed by atoms with E-state index in [0.717, 1.165) is 6.07 Å². The molecule has 1 N–H and O–H groups in total. The maximum absolute atomic E-state index is 13.7. The molecule has 6 heteroatoms. The van der Waals surface area contributed by atoms with Crippen LogP contribution in [0.2, 0.25) is 0 Å². The zero-order valence-electron chi connectivity index (χ0n) is 8.09. The van der Waals surface area contributed by atoms with Crippen LogP contribution in [0.15, 0.2) is 6.07 Å². The fraction of sp³-hybridized carbons (Fsp3) is 0.400. The predicted octanol–water partition coefficient (Wildman–Crippen LogP) is 3.09. The Morgan fingerprint density at radius 2 is 1.94 bits per heavy atom. The van der Waals surface area contributed by atoms with Crippen molar-refractivity contribution in [3.05, 3.63) is 32.1 Å². The van der Waals surface area contributed by atoms with E-state index in [1.165, 1.54) is 0 Å². The molecule has 0 unspecified atom stereocenters. The van der Waals surface area contributed by atoms with Gasteiger partial charge in [-0.1, -0.05) is 0 Å². The molecule has 1 aromatic carbocycles. The minimum absolute atomic E-state index is 0.206. The summed E-state index contributed by atoms with van der Waals surface area (Å²) in [6, 6.07) is 0.877. The molecule has 0 amide bonds. The highest BCUT2D eigenvalue weighted by Gasteiger charge is 2.36. The highest BCUT2D eigenvalue weighted by Crippen LogP contribution is 2.36. The van der Waals surface area contributed by atoms with Crippen molar-refractivity contribution in [2.24, 2.45) is 0 Å². The van der Waals surface area contributed by atoms with Crippen LogP contribution in [0.25, 0.3) is 0 Å². The molecule has 88 valence electrons. The average Bonchev–Trinajstić information content (AvgIpc) is 2.22. The van der Waals surface area contributed by atoms with Crippen LogP contribution in [0.1, 0.15) is 16.7 Å². The summed E-state index contributed by atoms with van der Waals surface area (Å²) in [5.41, 5.74) is -0.298. The minimum atomic E-state index is -4.62. The molecule has 1 aliphatic heterocycles. The summed E-state index contributed by atoms with van der Waals surface area (Å²) in [5, 5.41) is 3.01. The number of halogens is 5. The average molecular weight is 345 g/mol. The van der Waals surface area contributed by atoms with Crippen molar-refractivity contribution in [2.45, 2.75) is 19.1 Å². The summed E-state index contributed by atoms with van der Waals surface area (Å²) >= 11 is 1.82. The molecule has 2 rings (SSSR count). The lowest BCUT2D eigenvalue weighted by molar-refractivity contribution is -0.140. The van der Waals surface area contributed by atoms with Gasteiger partial charge >= 0.3 is 6.18 Å². The quantitative estimate of drug-likeness (QED) is 0.563. The monoisotopic (exact) mass is 345 g/mol. The second kappa shape index (κ2) is 4.14. The molecule has 0 aliphatic carbocycles. The van der Waals surface area contributed by atoms with E-state index >= 15 is 0 Å². The number of rotatable bonds is 0. The predicted molar refractivity (Wildman–Crippen MR) is 59.5 cm³/mol. The molecular weight excluding hydrogens is 337 g/mol. The van der Waals surface area contributed by atoms with Crippen LogP contribution in [0.4, 0.5) is 17.6 Å². The highest BCUT2D eigenvalue weighted by atomic mass is 127. The lowest BCUT2D eigenvalue weighted by Crippen LogP contribution is -2.27. The van der Waals surface area contributed by atoms with Crippen LogP contribution in [0.3, 0.4) is 0 Å². The van der Waals surface area contributed by atoms with Gasteiger partial charge in [-0.25, -0.2) is 4.39 Å². The Bertz CT molecular complexity index is 428. The molecule has 16 heavy (non-hydrogen) atoms. The first-order chi connectivity index (χ1) is 7.41. The normalized spacial score (nSPS) is 16.1. The van der Waals surface area contributed by atoms with E-state index in [0.29, 0.717) is 28.6 Å². The van der Waals surface area contributed by atoms with E-state index in [4.69, 9.17) is 0 Å². The second-order valence-corrected chi connectivity index (χ2v) is 4.76. The van der Waals surface area contributed by atoms with Gasteiger partial charge in [-0.3, -0.25) is 0 Å². The summed E-state index contributed by atoms with van der Waals surface area (Å²) < 4.78 is 51.8. The van der Waals surface area contributed by atoms with Gasteiger partial charge in [0, 0.05) is 10.1 Å². The van der Waals surface area contributed by atoms with Crippen molar-refractivity contribution in [3.8, 4) is 0 Å². The van der Waals surface area contributed by atoms with Gasteiger partial charge < -0.3 is 5.32 Å². The van der Waals surface area contributed by atoms with E-state index in [-0.39, 0.29) is 5.56 Å². The SMILES string of the molecule is Fc1c(C(F)(F)F)cc(I)c2c1CCNC2. The largest absolute Gasteiger partial charge is 0.419 e. The summed E-state index contributed by atoms with van der Waals surface area (Å²) in [5.74, 6) is -1.11. The third-order valence-electron chi connectivity index (χ3n) is 2.58. The van der Waals surface area contributed by atoms with Crippen molar-refractivity contribution >= 4 is 22.6 Å². The van der Waals surface area contributed by atoms with Gasteiger partial charge in [0.25, 0.3) is 0 Å². The van der Waals surface area contributed by atoms with Gasteiger partial charge in [0.2, 0.25) is 0 Å². The number of hydrogen-bond donors (Lipinski definition) is 1. The number of alkyl halides is 3. The molecule has 1 aromatic rings. The molecule has 0 atom stereocenters. The Morgan fingerprint density at radius 3 is 2.56 bits per heavy atom. The van der Waals surface area contributed by atoms with Crippen molar-refractivity contribution in [2.75, 3.05) is 6.54 Å². The topological polar surface area (TPSA) is 12.0 Å². The Balaban J connectivity index is 2.63. The van der Waals surface area contributed by atoms with Crippen LogP contribution in [0, 0.1) is 9.39 Å². The van der Waals surface area contributed by atoms with Gasteiger partial charge in [0.15, 0.2) is 0 Å². The maximum Gasteiger partial charge on any atom is 0.419 e. The summed E-state index contributed by atoms with van der Waals surface area (Å²) in [7, 11) is 0. The van der Waals surface area contributed by atoms with Crippen LogP contribution in [0.5, 0.6) is 0 Å². The molecule has 0 radical (unpaired) electrons. The van der Waals surface area contributed by atoms with E-state index < -0.39 is 17.6 Å². The Labute approximate surface area is 103 Å². The zero-order valence-corrected chi connectivity index (χ0v) is 10.2. The smallest absolute Gasteiger partial charge is 0.312 e. The minimum Gasteiger partial charge on any atom is -0.312 e. The molecule has 0 bridgehead atoms. The number of benzene rings is 1. The Hall–Kier alpha value is -0.370. The Morgan fingerprint density at radius 1 is 1.25 bits per heavy atom. The standard InChI is InChI=1S/C10H8F4IN/c11-9-5-1-2-16-4-6(5)8(15)3-7(9)10(12,13)14/h3,16H,1-2,4H2. The Kier molecular flexibility index (Phi) is 3.13. The van der Waals surface area contributed by atoms with Gasteiger partial charge in [0.1, 0.15) is 5.82 Å². The highest BCUT2D eigenvalue weighted by molar-refractivity contribution is 14.1. The first-order valence-corrected chi connectivity index (χ1v) is 5.77. The summed E-state index contributed by atoms with van der Waals surface area (Å²) in [6.07, 6.45) is -4.31.